The zero-order valence-electron chi connectivity index (χ0n) is 9.55. The molecule has 0 aromatic carbocycles. The minimum atomic E-state index is 0.216. The van der Waals surface area contributed by atoms with Crippen LogP contribution in [0.1, 0.15) is 27.2 Å². The Morgan fingerprint density at radius 2 is 2.21 bits per heavy atom. The average Bonchev–Trinajstić information content (AvgIpc) is 2.16. The fraction of sp³-hybridized carbons (Fsp3) is 1.00. The van der Waals surface area contributed by atoms with Crippen molar-refractivity contribution in [3.05, 3.63) is 0 Å². The van der Waals surface area contributed by atoms with Crippen LogP contribution < -0.4 is 0 Å². The van der Waals surface area contributed by atoms with Gasteiger partial charge in [-0.15, -0.1) is 0 Å². The van der Waals surface area contributed by atoms with Crippen LogP contribution in [-0.2, 0) is 4.74 Å². The second-order valence-electron chi connectivity index (χ2n) is 4.74. The fourth-order valence-electron chi connectivity index (χ4n) is 1.83. The minimum Gasteiger partial charge on any atom is -0.378 e. The molecule has 3 heteroatoms. The summed E-state index contributed by atoms with van der Waals surface area (Å²) in [4.78, 5) is 2.56. The van der Waals surface area contributed by atoms with Crippen molar-refractivity contribution in [3.63, 3.8) is 0 Å². The number of nitrogens with zero attached hydrogens (tertiary/aromatic N) is 1. The lowest BCUT2D eigenvalue weighted by atomic mass is 9.99. The molecule has 0 radical (unpaired) electrons. The Balaban J connectivity index is 2.48. The third kappa shape index (κ3) is 3.21. The molecule has 14 heavy (non-hydrogen) atoms. The first kappa shape index (κ1) is 12.5. The average molecular weight is 264 g/mol. The molecule has 2 nitrogen and oxygen atoms in total. The first-order chi connectivity index (χ1) is 6.60. The second kappa shape index (κ2) is 5.47. The van der Waals surface area contributed by atoms with E-state index in [-0.39, 0.29) is 5.54 Å². The van der Waals surface area contributed by atoms with E-state index in [0.717, 1.165) is 31.0 Å². The Bertz CT molecular complexity index is 169. The van der Waals surface area contributed by atoms with E-state index in [4.69, 9.17) is 4.74 Å². The number of morpholine rings is 1. The highest BCUT2D eigenvalue weighted by Crippen LogP contribution is 2.21. The van der Waals surface area contributed by atoms with Crippen molar-refractivity contribution >= 4 is 15.9 Å². The molecule has 0 N–H and O–H groups in total. The summed E-state index contributed by atoms with van der Waals surface area (Å²) >= 11 is 3.58. The topological polar surface area (TPSA) is 12.5 Å². The molecule has 0 amide bonds. The van der Waals surface area contributed by atoms with Crippen LogP contribution in [0.4, 0.5) is 0 Å². The summed E-state index contributed by atoms with van der Waals surface area (Å²) in [6.07, 6.45) is 1.25. The Morgan fingerprint density at radius 3 is 2.71 bits per heavy atom. The summed E-state index contributed by atoms with van der Waals surface area (Å²) in [5.41, 5.74) is 0.216. The van der Waals surface area contributed by atoms with Crippen LogP contribution in [-0.4, -0.2) is 42.1 Å². The molecule has 1 atom stereocenters. The number of hydrogen-bond donors (Lipinski definition) is 0. The van der Waals surface area contributed by atoms with Gasteiger partial charge in [0.05, 0.1) is 13.2 Å². The molecule has 0 spiro atoms. The van der Waals surface area contributed by atoms with Gasteiger partial charge in [-0.05, 0) is 19.8 Å². The highest BCUT2D eigenvalue weighted by molar-refractivity contribution is 9.09. The zero-order valence-corrected chi connectivity index (χ0v) is 11.1. The van der Waals surface area contributed by atoms with Crippen LogP contribution in [0.15, 0.2) is 0 Å². The molecule has 84 valence electrons. The molecule has 1 unspecified atom stereocenters. The minimum absolute atomic E-state index is 0.216. The molecule has 1 rings (SSSR count). The number of alkyl halides is 1. The van der Waals surface area contributed by atoms with Crippen molar-refractivity contribution in [2.75, 3.05) is 31.6 Å². The van der Waals surface area contributed by atoms with Gasteiger partial charge in [-0.3, -0.25) is 4.90 Å². The summed E-state index contributed by atoms with van der Waals surface area (Å²) in [7, 11) is 0. The van der Waals surface area contributed by atoms with E-state index < -0.39 is 0 Å². The molecule has 0 aliphatic carbocycles. The normalized spacial score (nSPS) is 24.9. The maximum Gasteiger partial charge on any atom is 0.0645 e. The zero-order chi connectivity index (χ0) is 10.6. The Labute approximate surface area is 96.1 Å². The van der Waals surface area contributed by atoms with E-state index in [2.05, 4.69) is 41.6 Å². The van der Waals surface area contributed by atoms with Crippen LogP contribution in [0, 0.1) is 5.92 Å². The molecule has 1 saturated heterocycles. The Hall–Kier alpha value is 0.400. The first-order valence-corrected chi connectivity index (χ1v) is 6.61. The van der Waals surface area contributed by atoms with Gasteiger partial charge in [0, 0.05) is 24.0 Å². The van der Waals surface area contributed by atoms with Gasteiger partial charge >= 0.3 is 0 Å². The monoisotopic (exact) mass is 263 g/mol. The van der Waals surface area contributed by atoms with Crippen LogP contribution >= 0.6 is 15.9 Å². The van der Waals surface area contributed by atoms with Crippen LogP contribution in [0.25, 0.3) is 0 Å². The molecule has 1 fully saturated rings. The molecule has 0 aromatic rings. The van der Waals surface area contributed by atoms with Crippen molar-refractivity contribution < 1.29 is 4.74 Å². The van der Waals surface area contributed by atoms with Gasteiger partial charge in [-0.2, -0.15) is 0 Å². The quantitative estimate of drug-likeness (QED) is 0.723. The largest absolute Gasteiger partial charge is 0.378 e. The Kier molecular flexibility index (Phi) is 4.88. The van der Waals surface area contributed by atoms with Crippen molar-refractivity contribution in [2.24, 2.45) is 5.92 Å². The SMILES string of the molecule is CCC(CBr)CN1CCOCC1(C)C. The third-order valence-corrected chi connectivity index (χ3v) is 4.01. The molecule has 1 aliphatic heterocycles. The highest BCUT2D eigenvalue weighted by Gasteiger charge is 2.31. The van der Waals surface area contributed by atoms with E-state index in [0.29, 0.717) is 0 Å². The molecule has 0 bridgehead atoms. The van der Waals surface area contributed by atoms with Crippen LogP contribution in [0.5, 0.6) is 0 Å². The predicted octanol–water partition coefficient (Wildman–Crippen LogP) is 2.52. The maximum atomic E-state index is 5.51. The summed E-state index contributed by atoms with van der Waals surface area (Å²) in [6, 6.07) is 0. The summed E-state index contributed by atoms with van der Waals surface area (Å²) in [5, 5.41) is 1.11. The maximum absolute atomic E-state index is 5.51. The van der Waals surface area contributed by atoms with Gasteiger partial charge < -0.3 is 4.74 Å². The third-order valence-electron chi connectivity index (χ3n) is 3.09. The van der Waals surface area contributed by atoms with Crippen LogP contribution in [0.2, 0.25) is 0 Å². The lowest BCUT2D eigenvalue weighted by Crippen LogP contribution is -2.54. The Morgan fingerprint density at radius 1 is 1.50 bits per heavy atom. The van der Waals surface area contributed by atoms with Gasteiger partial charge in [-0.1, -0.05) is 29.3 Å². The second-order valence-corrected chi connectivity index (χ2v) is 5.39. The summed E-state index contributed by atoms with van der Waals surface area (Å²) in [6.45, 7) is 10.8. The lowest BCUT2D eigenvalue weighted by Gasteiger charge is -2.43. The molecular formula is C11H22BrNO. The van der Waals surface area contributed by atoms with E-state index in [1.807, 2.05) is 0 Å². The summed E-state index contributed by atoms with van der Waals surface area (Å²) < 4.78 is 5.51. The van der Waals surface area contributed by atoms with E-state index in [1.54, 1.807) is 0 Å². The van der Waals surface area contributed by atoms with E-state index >= 15 is 0 Å². The van der Waals surface area contributed by atoms with Crippen molar-refractivity contribution in [2.45, 2.75) is 32.7 Å². The summed E-state index contributed by atoms with van der Waals surface area (Å²) in [5.74, 6) is 0.771. The van der Waals surface area contributed by atoms with Gasteiger partial charge in [0.2, 0.25) is 0 Å². The van der Waals surface area contributed by atoms with E-state index in [9.17, 15) is 0 Å². The number of hydrogen-bond acceptors (Lipinski definition) is 2. The molecule has 1 aliphatic rings. The fourth-order valence-corrected chi connectivity index (χ4v) is 2.49. The highest BCUT2D eigenvalue weighted by atomic mass is 79.9. The number of rotatable bonds is 4. The van der Waals surface area contributed by atoms with Crippen molar-refractivity contribution in [3.8, 4) is 0 Å². The van der Waals surface area contributed by atoms with E-state index in [1.165, 1.54) is 13.0 Å². The standard InChI is InChI=1S/C11H22BrNO/c1-4-10(7-12)8-13-5-6-14-9-11(13,2)3/h10H,4-9H2,1-3H3. The molecule has 0 aromatic heterocycles. The smallest absolute Gasteiger partial charge is 0.0645 e. The first-order valence-electron chi connectivity index (χ1n) is 5.49. The number of halogens is 1. The van der Waals surface area contributed by atoms with Gasteiger partial charge in [0.25, 0.3) is 0 Å². The predicted molar refractivity (Wildman–Crippen MR) is 64.0 cm³/mol. The lowest BCUT2D eigenvalue weighted by molar-refractivity contribution is -0.0561. The van der Waals surface area contributed by atoms with Gasteiger partial charge in [0.1, 0.15) is 0 Å². The molecule has 1 heterocycles. The van der Waals surface area contributed by atoms with Crippen molar-refractivity contribution in [1.82, 2.24) is 4.90 Å². The van der Waals surface area contributed by atoms with Crippen molar-refractivity contribution in [1.29, 1.82) is 0 Å². The number of ether oxygens (including phenoxy) is 1. The van der Waals surface area contributed by atoms with Gasteiger partial charge in [-0.25, -0.2) is 0 Å². The molecular weight excluding hydrogens is 242 g/mol. The molecule has 0 saturated carbocycles. The van der Waals surface area contributed by atoms with Gasteiger partial charge in [0.15, 0.2) is 0 Å². The van der Waals surface area contributed by atoms with Crippen LogP contribution in [0.3, 0.4) is 0 Å².